The summed E-state index contributed by atoms with van der Waals surface area (Å²) < 4.78 is 12.0. The van der Waals surface area contributed by atoms with Crippen LogP contribution in [0.4, 0.5) is 10.5 Å². The minimum Gasteiger partial charge on any atom is -0.493 e. The number of nitrogens with one attached hydrogen (secondary N) is 1. The van der Waals surface area contributed by atoms with Gasteiger partial charge in [-0.05, 0) is 81.2 Å². The average molecular weight is 502 g/mol. The first-order valence-electron chi connectivity index (χ1n) is 11.1. The van der Waals surface area contributed by atoms with Crippen molar-refractivity contribution in [3.05, 3.63) is 52.5 Å². The fourth-order valence-electron chi connectivity index (χ4n) is 5.45. The number of benzene rings is 2. The molecular weight excluding hydrogens is 470 g/mol. The number of hydrogen-bond acceptors (Lipinski definition) is 4. The molecule has 2 fully saturated rings. The van der Waals surface area contributed by atoms with Crippen molar-refractivity contribution in [1.82, 2.24) is 10.2 Å². The first-order chi connectivity index (χ1) is 15.4. The number of likely N-dealkylation sites (tertiary alicyclic amines) is 1. The third-order valence-corrected chi connectivity index (χ3v) is 7.86. The van der Waals surface area contributed by atoms with Gasteiger partial charge in [0.2, 0.25) is 0 Å². The summed E-state index contributed by atoms with van der Waals surface area (Å²) in [6.45, 7) is 1.05. The van der Waals surface area contributed by atoms with Crippen LogP contribution in [-0.2, 0) is 5.41 Å². The van der Waals surface area contributed by atoms with Crippen LogP contribution in [0, 0.1) is 0 Å². The number of nitrogens with zero attached hydrogens (tertiary/aromatic N) is 2. The second-order valence-corrected chi connectivity index (χ2v) is 9.84. The highest BCUT2D eigenvalue weighted by Gasteiger charge is 2.50. The number of carbonyl (C=O) groups is 1. The molecule has 4 rings (SSSR count). The Morgan fingerprint density at radius 1 is 1.12 bits per heavy atom. The Morgan fingerprint density at radius 3 is 2.53 bits per heavy atom. The third kappa shape index (κ3) is 4.20. The smallest absolute Gasteiger partial charge is 0.321 e. The van der Waals surface area contributed by atoms with Crippen molar-refractivity contribution in [1.29, 1.82) is 0 Å². The van der Waals surface area contributed by atoms with Gasteiger partial charge in [0.1, 0.15) is 0 Å². The molecule has 0 aromatic heterocycles. The molecule has 0 spiro atoms. The van der Waals surface area contributed by atoms with E-state index in [1.54, 1.807) is 19.1 Å². The molecule has 1 aliphatic carbocycles. The van der Waals surface area contributed by atoms with Crippen molar-refractivity contribution in [2.45, 2.75) is 43.2 Å². The van der Waals surface area contributed by atoms with E-state index in [-0.39, 0.29) is 17.5 Å². The normalized spacial score (nSPS) is 25.2. The van der Waals surface area contributed by atoms with Gasteiger partial charge in [-0.2, -0.15) is 0 Å². The first-order valence-corrected chi connectivity index (χ1v) is 11.9. The predicted molar refractivity (Wildman–Crippen MR) is 131 cm³/mol. The number of halogens is 1. The molecule has 6 nitrogen and oxygen atoms in total. The van der Waals surface area contributed by atoms with E-state index in [0.29, 0.717) is 6.04 Å². The molecule has 2 aliphatic rings. The van der Waals surface area contributed by atoms with Crippen LogP contribution in [-0.4, -0.2) is 57.9 Å². The summed E-state index contributed by atoms with van der Waals surface area (Å²) in [6, 6.07) is 14.6. The van der Waals surface area contributed by atoms with Crippen LogP contribution in [0.1, 0.15) is 31.2 Å². The maximum Gasteiger partial charge on any atom is 0.321 e. The summed E-state index contributed by atoms with van der Waals surface area (Å²) in [5.74, 6) is 1.53. The van der Waals surface area contributed by atoms with Gasteiger partial charge in [-0.1, -0.05) is 22.0 Å². The van der Waals surface area contributed by atoms with E-state index in [4.69, 9.17) is 9.47 Å². The number of rotatable bonds is 5. The van der Waals surface area contributed by atoms with Crippen LogP contribution in [0.25, 0.3) is 0 Å². The molecular formula is C25H32BrN3O3. The van der Waals surface area contributed by atoms with E-state index in [1.807, 2.05) is 37.4 Å². The van der Waals surface area contributed by atoms with E-state index < -0.39 is 0 Å². The fraction of sp³-hybridized carbons (Fsp3) is 0.480. The molecule has 0 radical (unpaired) electrons. The number of amides is 2. The van der Waals surface area contributed by atoms with Crippen molar-refractivity contribution < 1.29 is 14.3 Å². The highest BCUT2D eigenvalue weighted by Crippen LogP contribution is 2.49. The number of fused-ring (bicyclic) bond motifs is 1. The van der Waals surface area contributed by atoms with Crippen LogP contribution in [0.2, 0.25) is 0 Å². The van der Waals surface area contributed by atoms with Crippen molar-refractivity contribution in [2.24, 2.45) is 0 Å². The van der Waals surface area contributed by atoms with Crippen molar-refractivity contribution in [3.8, 4) is 11.5 Å². The second-order valence-electron chi connectivity index (χ2n) is 8.93. The lowest BCUT2D eigenvalue weighted by atomic mass is 9.65. The molecule has 2 aromatic rings. The van der Waals surface area contributed by atoms with Gasteiger partial charge in [-0.3, -0.25) is 4.90 Å². The highest BCUT2D eigenvalue weighted by molar-refractivity contribution is 9.10. The van der Waals surface area contributed by atoms with E-state index in [9.17, 15) is 4.79 Å². The SMILES string of the molecule is COc1ccc([C@@]23CC[C@H](NC(=O)N(C)c4ccc(Br)cc4)C[C@H]2N(C)CC3)cc1OC. The maximum atomic E-state index is 12.9. The molecule has 1 saturated carbocycles. The quantitative estimate of drug-likeness (QED) is 0.638. The monoisotopic (exact) mass is 501 g/mol. The lowest BCUT2D eigenvalue weighted by molar-refractivity contribution is 0.155. The topological polar surface area (TPSA) is 54.0 Å². The molecule has 0 bridgehead atoms. The first kappa shape index (κ1) is 22.9. The van der Waals surface area contributed by atoms with Gasteiger partial charge in [-0.15, -0.1) is 0 Å². The molecule has 0 unspecified atom stereocenters. The van der Waals surface area contributed by atoms with E-state index in [2.05, 4.69) is 45.3 Å². The minimum atomic E-state index is -0.0587. The number of ether oxygens (including phenoxy) is 2. The zero-order chi connectivity index (χ0) is 22.9. The van der Waals surface area contributed by atoms with Gasteiger partial charge in [0.25, 0.3) is 0 Å². The number of urea groups is 1. The third-order valence-electron chi connectivity index (χ3n) is 7.33. The minimum absolute atomic E-state index is 0.0587. The summed E-state index contributed by atoms with van der Waals surface area (Å²) in [4.78, 5) is 17.1. The van der Waals surface area contributed by atoms with Crippen molar-refractivity contribution >= 4 is 27.6 Å². The zero-order valence-electron chi connectivity index (χ0n) is 19.2. The van der Waals surface area contributed by atoms with Crippen LogP contribution < -0.4 is 19.7 Å². The largest absolute Gasteiger partial charge is 0.493 e. The Bertz CT molecular complexity index is 967. The molecule has 7 heteroatoms. The van der Waals surface area contributed by atoms with Crippen molar-refractivity contribution in [3.63, 3.8) is 0 Å². The van der Waals surface area contributed by atoms with Gasteiger partial charge in [0.05, 0.1) is 14.2 Å². The lowest BCUT2D eigenvalue weighted by Crippen LogP contribution is -2.53. The van der Waals surface area contributed by atoms with Crippen LogP contribution in [0.3, 0.4) is 0 Å². The van der Waals surface area contributed by atoms with Gasteiger partial charge in [0, 0.05) is 34.7 Å². The molecule has 172 valence electrons. The van der Waals surface area contributed by atoms with Gasteiger partial charge in [0.15, 0.2) is 11.5 Å². The van der Waals surface area contributed by atoms with Crippen molar-refractivity contribution in [2.75, 3.05) is 39.8 Å². The molecule has 1 aliphatic heterocycles. The van der Waals surface area contributed by atoms with Gasteiger partial charge < -0.3 is 19.7 Å². The molecule has 1 heterocycles. The Labute approximate surface area is 199 Å². The Morgan fingerprint density at radius 2 is 1.84 bits per heavy atom. The number of likely N-dealkylation sites (N-methyl/N-ethyl adjacent to an activating group) is 1. The summed E-state index contributed by atoms with van der Waals surface area (Å²) in [6.07, 6.45) is 4.04. The summed E-state index contributed by atoms with van der Waals surface area (Å²) in [7, 11) is 7.37. The van der Waals surface area contributed by atoms with E-state index in [0.717, 1.165) is 53.9 Å². The Balaban J connectivity index is 1.50. The van der Waals surface area contributed by atoms with Crippen LogP contribution in [0.5, 0.6) is 11.5 Å². The maximum absolute atomic E-state index is 12.9. The number of methoxy groups -OCH3 is 2. The number of hydrogen-bond donors (Lipinski definition) is 1. The summed E-state index contributed by atoms with van der Waals surface area (Å²) in [5, 5.41) is 3.28. The van der Waals surface area contributed by atoms with E-state index >= 15 is 0 Å². The molecule has 2 amide bonds. The molecule has 1 saturated heterocycles. The molecule has 32 heavy (non-hydrogen) atoms. The van der Waals surface area contributed by atoms with Crippen LogP contribution >= 0.6 is 15.9 Å². The summed E-state index contributed by atoms with van der Waals surface area (Å²) in [5.41, 5.74) is 2.26. The zero-order valence-corrected chi connectivity index (χ0v) is 20.8. The fourth-order valence-corrected chi connectivity index (χ4v) is 5.71. The second kappa shape index (κ2) is 9.32. The number of carbonyl (C=O) groups excluding carboxylic acids is 1. The number of anilines is 1. The van der Waals surface area contributed by atoms with E-state index in [1.165, 1.54) is 5.56 Å². The Hall–Kier alpha value is -2.25. The van der Waals surface area contributed by atoms with Gasteiger partial charge in [-0.25, -0.2) is 4.79 Å². The Kier molecular flexibility index (Phi) is 6.67. The average Bonchev–Trinajstić information content (AvgIpc) is 3.15. The highest BCUT2D eigenvalue weighted by atomic mass is 79.9. The molecule has 1 N–H and O–H groups in total. The lowest BCUT2D eigenvalue weighted by Gasteiger charge is -2.45. The standard InChI is InChI=1S/C25H32BrN3O3/c1-28-14-13-25(17-5-10-21(31-3)22(15-17)32-4)12-11-19(16-23(25)28)27-24(30)29(2)20-8-6-18(26)7-9-20/h5-10,15,19,23H,11-14,16H2,1-4H3,(H,27,30)/t19-,23+,25-/m0/s1. The van der Waals surface area contributed by atoms with Gasteiger partial charge >= 0.3 is 6.03 Å². The molecule has 3 atom stereocenters. The van der Waals surface area contributed by atoms with Crippen LogP contribution in [0.15, 0.2) is 46.9 Å². The molecule has 2 aromatic carbocycles. The summed E-state index contributed by atoms with van der Waals surface area (Å²) >= 11 is 3.45. The predicted octanol–water partition coefficient (Wildman–Crippen LogP) is 4.81.